The van der Waals surface area contributed by atoms with Crippen LogP contribution < -0.4 is 0 Å². The van der Waals surface area contributed by atoms with E-state index in [1.807, 2.05) is 0 Å². The molecule has 1 aromatic carbocycles. The summed E-state index contributed by atoms with van der Waals surface area (Å²) in [4.78, 5) is 0. The molecule has 0 radical (unpaired) electrons. The highest BCUT2D eigenvalue weighted by molar-refractivity contribution is 6.42. The van der Waals surface area contributed by atoms with E-state index in [1.54, 1.807) is 25.1 Å². The Labute approximate surface area is 90.7 Å². The van der Waals surface area contributed by atoms with E-state index in [1.165, 1.54) is 0 Å². The highest BCUT2D eigenvalue weighted by atomic mass is 35.5. The predicted octanol–water partition coefficient (Wildman–Crippen LogP) is 3.35. The van der Waals surface area contributed by atoms with Crippen LogP contribution in [0.1, 0.15) is 5.89 Å². The van der Waals surface area contributed by atoms with Gasteiger partial charge in [-0.2, -0.15) is 0 Å². The van der Waals surface area contributed by atoms with E-state index in [4.69, 9.17) is 27.6 Å². The number of halogens is 2. The van der Waals surface area contributed by atoms with Crippen LogP contribution >= 0.6 is 23.2 Å². The lowest BCUT2D eigenvalue weighted by atomic mass is 10.2. The van der Waals surface area contributed by atoms with Crippen LogP contribution in [0.25, 0.3) is 11.5 Å². The van der Waals surface area contributed by atoms with Crippen LogP contribution in [0.5, 0.6) is 0 Å². The van der Waals surface area contributed by atoms with Gasteiger partial charge >= 0.3 is 0 Å². The van der Waals surface area contributed by atoms with Crippen molar-refractivity contribution in [3.05, 3.63) is 34.1 Å². The fourth-order valence-electron chi connectivity index (χ4n) is 1.04. The molecule has 0 fully saturated rings. The fourth-order valence-corrected chi connectivity index (χ4v) is 1.34. The first-order valence-corrected chi connectivity index (χ1v) is 4.68. The normalized spacial score (nSPS) is 10.5. The standard InChI is InChI=1S/C9H6Cl2N2O/c1-5-12-13-9(14-5)6-2-3-7(10)8(11)4-6/h2-4H,1H3. The maximum absolute atomic E-state index is 5.85. The van der Waals surface area contributed by atoms with Crippen molar-refractivity contribution in [1.29, 1.82) is 0 Å². The number of nitrogens with zero attached hydrogens (tertiary/aromatic N) is 2. The summed E-state index contributed by atoms with van der Waals surface area (Å²) in [6.07, 6.45) is 0. The smallest absolute Gasteiger partial charge is 0.247 e. The molecule has 0 aliphatic carbocycles. The Balaban J connectivity index is 2.47. The van der Waals surface area contributed by atoms with Crippen LogP contribution in [-0.4, -0.2) is 10.2 Å². The predicted molar refractivity (Wildman–Crippen MR) is 54.5 cm³/mol. The number of rotatable bonds is 1. The van der Waals surface area contributed by atoms with Gasteiger partial charge in [-0.05, 0) is 18.2 Å². The third kappa shape index (κ3) is 1.74. The van der Waals surface area contributed by atoms with Gasteiger partial charge in [-0.1, -0.05) is 23.2 Å². The molecular formula is C9H6Cl2N2O. The summed E-state index contributed by atoms with van der Waals surface area (Å²) in [6.45, 7) is 1.73. The first-order chi connectivity index (χ1) is 6.66. The molecule has 14 heavy (non-hydrogen) atoms. The first kappa shape index (κ1) is 9.49. The average Bonchev–Trinajstić information content (AvgIpc) is 2.57. The third-order valence-electron chi connectivity index (χ3n) is 1.69. The Hall–Kier alpha value is -1.06. The van der Waals surface area contributed by atoms with E-state index < -0.39 is 0 Å². The second-order valence-corrected chi connectivity index (χ2v) is 3.57. The van der Waals surface area contributed by atoms with Crippen molar-refractivity contribution in [3.8, 4) is 11.5 Å². The molecular weight excluding hydrogens is 223 g/mol. The molecule has 0 N–H and O–H groups in total. The molecule has 2 rings (SSSR count). The van der Waals surface area contributed by atoms with Crippen LogP contribution in [0, 0.1) is 6.92 Å². The Kier molecular flexibility index (Phi) is 2.44. The van der Waals surface area contributed by atoms with Crippen molar-refractivity contribution in [3.63, 3.8) is 0 Å². The molecule has 5 heteroatoms. The molecule has 0 aliphatic heterocycles. The van der Waals surface area contributed by atoms with Gasteiger partial charge in [0, 0.05) is 12.5 Å². The van der Waals surface area contributed by atoms with Crippen molar-refractivity contribution in [1.82, 2.24) is 10.2 Å². The molecule has 2 aromatic rings. The topological polar surface area (TPSA) is 38.9 Å². The second-order valence-electron chi connectivity index (χ2n) is 2.76. The van der Waals surface area contributed by atoms with Gasteiger partial charge in [-0.25, -0.2) is 0 Å². The van der Waals surface area contributed by atoms with E-state index in [9.17, 15) is 0 Å². The Bertz CT molecular complexity index is 468. The summed E-state index contributed by atoms with van der Waals surface area (Å²) in [5, 5.41) is 8.57. The minimum atomic E-state index is 0.445. The zero-order valence-electron chi connectivity index (χ0n) is 7.29. The van der Waals surface area contributed by atoms with Gasteiger partial charge < -0.3 is 4.42 Å². The van der Waals surface area contributed by atoms with Crippen molar-refractivity contribution >= 4 is 23.2 Å². The lowest BCUT2D eigenvalue weighted by Gasteiger charge is -1.97. The Morgan fingerprint density at radius 1 is 1.14 bits per heavy atom. The zero-order chi connectivity index (χ0) is 10.1. The average molecular weight is 229 g/mol. The van der Waals surface area contributed by atoms with Gasteiger partial charge in [0.05, 0.1) is 10.0 Å². The van der Waals surface area contributed by atoms with Gasteiger partial charge in [0.1, 0.15) is 0 Å². The Morgan fingerprint density at radius 3 is 2.50 bits per heavy atom. The van der Waals surface area contributed by atoms with Gasteiger partial charge in [0.2, 0.25) is 11.8 Å². The molecule has 0 saturated carbocycles. The molecule has 0 bridgehead atoms. The van der Waals surface area contributed by atoms with Crippen molar-refractivity contribution in [2.24, 2.45) is 0 Å². The fraction of sp³-hybridized carbons (Fsp3) is 0.111. The second kappa shape index (κ2) is 3.59. The van der Waals surface area contributed by atoms with Crippen LogP contribution in [0.2, 0.25) is 10.0 Å². The summed E-state index contributed by atoms with van der Waals surface area (Å²) >= 11 is 11.6. The monoisotopic (exact) mass is 228 g/mol. The summed E-state index contributed by atoms with van der Waals surface area (Å²) in [5.41, 5.74) is 0.764. The quantitative estimate of drug-likeness (QED) is 0.752. The lowest BCUT2D eigenvalue weighted by Crippen LogP contribution is -1.78. The molecule has 3 nitrogen and oxygen atoms in total. The van der Waals surface area contributed by atoms with E-state index in [0.717, 1.165) is 5.56 Å². The third-order valence-corrected chi connectivity index (χ3v) is 2.43. The first-order valence-electron chi connectivity index (χ1n) is 3.92. The molecule has 72 valence electrons. The molecule has 0 aliphatic rings. The highest BCUT2D eigenvalue weighted by Gasteiger charge is 2.07. The molecule has 1 heterocycles. The number of aryl methyl sites for hydroxylation is 1. The molecule has 0 atom stereocenters. The van der Waals surface area contributed by atoms with E-state index >= 15 is 0 Å². The summed E-state index contributed by atoms with van der Waals surface area (Å²) in [6, 6.07) is 5.16. The van der Waals surface area contributed by atoms with Crippen molar-refractivity contribution in [2.75, 3.05) is 0 Å². The number of hydrogen-bond acceptors (Lipinski definition) is 3. The maximum atomic E-state index is 5.85. The molecule has 0 amide bonds. The molecule has 1 aromatic heterocycles. The summed E-state index contributed by atoms with van der Waals surface area (Å²) < 4.78 is 5.24. The minimum absolute atomic E-state index is 0.445. The highest BCUT2D eigenvalue weighted by Crippen LogP contribution is 2.27. The number of aromatic nitrogens is 2. The van der Waals surface area contributed by atoms with Crippen LogP contribution in [-0.2, 0) is 0 Å². The summed E-state index contributed by atoms with van der Waals surface area (Å²) in [5.74, 6) is 0.965. The number of hydrogen-bond donors (Lipinski definition) is 0. The van der Waals surface area contributed by atoms with Gasteiger partial charge in [-0.3, -0.25) is 0 Å². The van der Waals surface area contributed by atoms with Crippen molar-refractivity contribution in [2.45, 2.75) is 6.92 Å². The number of benzene rings is 1. The van der Waals surface area contributed by atoms with E-state index in [2.05, 4.69) is 10.2 Å². The van der Waals surface area contributed by atoms with Crippen LogP contribution in [0.3, 0.4) is 0 Å². The molecule has 0 spiro atoms. The SMILES string of the molecule is Cc1nnc(-c2ccc(Cl)c(Cl)c2)o1. The van der Waals surface area contributed by atoms with Crippen LogP contribution in [0.4, 0.5) is 0 Å². The zero-order valence-corrected chi connectivity index (χ0v) is 8.80. The molecule has 0 unspecified atom stereocenters. The van der Waals surface area contributed by atoms with Gasteiger partial charge in [0.25, 0.3) is 0 Å². The maximum Gasteiger partial charge on any atom is 0.247 e. The largest absolute Gasteiger partial charge is 0.421 e. The lowest BCUT2D eigenvalue weighted by molar-refractivity contribution is 0.533. The van der Waals surface area contributed by atoms with E-state index in [-0.39, 0.29) is 0 Å². The minimum Gasteiger partial charge on any atom is -0.421 e. The molecule has 0 saturated heterocycles. The van der Waals surface area contributed by atoms with Crippen molar-refractivity contribution < 1.29 is 4.42 Å². The summed E-state index contributed by atoms with van der Waals surface area (Å²) in [7, 11) is 0. The van der Waals surface area contributed by atoms with Crippen LogP contribution in [0.15, 0.2) is 22.6 Å². The van der Waals surface area contributed by atoms with Gasteiger partial charge in [-0.15, -0.1) is 10.2 Å². The Morgan fingerprint density at radius 2 is 1.93 bits per heavy atom. The van der Waals surface area contributed by atoms with Gasteiger partial charge in [0.15, 0.2) is 0 Å². The van der Waals surface area contributed by atoms with E-state index in [0.29, 0.717) is 21.8 Å².